The standard InChI is InChI=1S/C18H21F3N6O2/c1-11(26-8-2-3-14(26)28)15(29)25-9-5-12(6-10-25)13-4-7-22-17-23-16(18(19,20)21)24-27(13)17/h4,7,11-12H,2-3,5-6,8-10H2,1H3. The van der Waals surface area contributed by atoms with Crippen molar-refractivity contribution in [2.75, 3.05) is 19.6 Å². The molecule has 0 radical (unpaired) electrons. The van der Waals surface area contributed by atoms with Crippen LogP contribution in [0.1, 0.15) is 50.0 Å². The van der Waals surface area contributed by atoms with Crippen LogP contribution < -0.4 is 0 Å². The number of carbonyl (C=O) groups is 2. The van der Waals surface area contributed by atoms with Crippen LogP contribution in [-0.2, 0) is 15.8 Å². The number of nitrogens with zero attached hydrogens (tertiary/aromatic N) is 6. The van der Waals surface area contributed by atoms with Crippen LogP contribution in [0.25, 0.3) is 5.78 Å². The molecule has 2 aliphatic rings. The lowest BCUT2D eigenvalue weighted by molar-refractivity contribution is -0.144. The molecule has 2 amide bonds. The smallest absolute Gasteiger partial charge is 0.341 e. The highest BCUT2D eigenvalue weighted by Gasteiger charge is 2.38. The van der Waals surface area contributed by atoms with E-state index in [0.717, 1.165) is 10.9 Å². The van der Waals surface area contributed by atoms with E-state index in [2.05, 4.69) is 15.1 Å². The summed E-state index contributed by atoms with van der Waals surface area (Å²) in [6.45, 7) is 3.30. The van der Waals surface area contributed by atoms with E-state index in [4.69, 9.17) is 0 Å². The van der Waals surface area contributed by atoms with Crippen molar-refractivity contribution in [1.29, 1.82) is 0 Å². The predicted molar refractivity (Wildman–Crippen MR) is 94.7 cm³/mol. The third kappa shape index (κ3) is 3.65. The summed E-state index contributed by atoms with van der Waals surface area (Å²) in [5.41, 5.74) is 0.605. The fraction of sp³-hybridized carbons (Fsp3) is 0.611. The molecule has 0 spiro atoms. The van der Waals surface area contributed by atoms with Gasteiger partial charge in [-0.25, -0.2) is 9.50 Å². The fourth-order valence-electron chi connectivity index (χ4n) is 4.11. The third-order valence-corrected chi connectivity index (χ3v) is 5.68. The summed E-state index contributed by atoms with van der Waals surface area (Å²) in [6.07, 6.45) is -0.772. The van der Waals surface area contributed by atoms with Gasteiger partial charge in [0.2, 0.25) is 11.8 Å². The van der Waals surface area contributed by atoms with Gasteiger partial charge in [0, 0.05) is 38.2 Å². The summed E-state index contributed by atoms with van der Waals surface area (Å²) >= 11 is 0. The Morgan fingerprint density at radius 2 is 1.97 bits per heavy atom. The Hall–Kier alpha value is -2.72. The maximum absolute atomic E-state index is 12.9. The van der Waals surface area contributed by atoms with Gasteiger partial charge >= 0.3 is 6.18 Å². The first-order chi connectivity index (χ1) is 13.8. The van der Waals surface area contributed by atoms with E-state index in [9.17, 15) is 22.8 Å². The van der Waals surface area contributed by atoms with E-state index >= 15 is 0 Å². The SMILES string of the molecule is CC(C(=O)N1CCC(c2ccnc3nc(C(F)(F)F)nn23)CC1)N1CCCC1=O. The average molecular weight is 410 g/mol. The first-order valence-electron chi connectivity index (χ1n) is 9.63. The Morgan fingerprint density at radius 3 is 2.59 bits per heavy atom. The van der Waals surface area contributed by atoms with E-state index in [1.165, 1.54) is 6.20 Å². The summed E-state index contributed by atoms with van der Waals surface area (Å²) in [5, 5.41) is 3.60. The van der Waals surface area contributed by atoms with Crippen LogP contribution in [0.4, 0.5) is 13.2 Å². The molecule has 8 nitrogen and oxygen atoms in total. The molecule has 1 unspecified atom stereocenters. The van der Waals surface area contributed by atoms with Gasteiger partial charge in [0.1, 0.15) is 6.04 Å². The van der Waals surface area contributed by atoms with Crippen LogP contribution in [-0.4, -0.2) is 66.9 Å². The molecule has 0 saturated carbocycles. The van der Waals surface area contributed by atoms with Crippen molar-refractivity contribution >= 4 is 17.6 Å². The Balaban J connectivity index is 1.46. The van der Waals surface area contributed by atoms with Gasteiger partial charge in [0.15, 0.2) is 0 Å². The molecule has 2 aromatic heterocycles. The van der Waals surface area contributed by atoms with Crippen LogP contribution in [0.15, 0.2) is 12.3 Å². The van der Waals surface area contributed by atoms with Crippen LogP contribution >= 0.6 is 0 Å². The Bertz CT molecular complexity index is 935. The van der Waals surface area contributed by atoms with Gasteiger partial charge in [-0.3, -0.25) is 9.59 Å². The van der Waals surface area contributed by atoms with Gasteiger partial charge in [0.25, 0.3) is 11.6 Å². The van der Waals surface area contributed by atoms with E-state index in [0.29, 0.717) is 44.6 Å². The van der Waals surface area contributed by atoms with Crippen molar-refractivity contribution < 1.29 is 22.8 Å². The van der Waals surface area contributed by atoms with Crippen LogP contribution in [0, 0.1) is 0 Å². The number of likely N-dealkylation sites (tertiary alicyclic amines) is 2. The van der Waals surface area contributed by atoms with E-state index in [1.807, 2.05) is 0 Å². The third-order valence-electron chi connectivity index (χ3n) is 5.68. The second kappa shape index (κ2) is 7.27. The molecule has 4 rings (SSSR count). The number of fused-ring (bicyclic) bond motifs is 1. The fourth-order valence-corrected chi connectivity index (χ4v) is 4.11. The minimum Gasteiger partial charge on any atom is -0.341 e. The van der Waals surface area contributed by atoms with Crippen LogP contribution in [0.3, 0.4) is 0 Å². The molecule has 4 heterocycles. The number of halogens is 3. The number of amides is 2. The monoisotopic (exact) mass is 410 g/mol. The number of alkyl halides is 3. The number of carbonyl (C=O) groups excluding carboxylic acids is 2. The Morgan fingerprint density at radius 1 is 1.24 bits per heavy atom. The zero-order valence-electron chi connectivity index (χ0n) is 15.9. The predicted octanol–water partition coefficient (Wildman–Crippen LogP) is 1.86. The number of aromatic nitrogens is 4. The highest BCUT2D eigenvalue weighted by atomic mass is 19.4. The zero-order valence-corrected chi connectivity index (χ0v) is 15.9. The molecule has 0 aromatic carbocycles. The number of hydrogen-bond donors (Lipinski definition) is 0. The first kappa shape index (κ1) is 19.6. The van der Waals surface area contributed by atoms with Crippen molar-refractivity contribution in [1.82, 2.24) is 29.4 Å². The quantitative estimate of drug-likeness (QED) is 0.771. The number of piperidine rings is 1. The summed E-state index contributed by atoms with van der Waals surface area (Å²) in [7, 11) is 0. The normalized spacial score (nSPS) is 19.9. The molecule has 0 N–H and O–H groups in total. The van der Waals surface area contributed by atoms with Gasteiger partial charge in [-0.15, -0.1) is 5.10 Å². The largest absolute Gasteiger partial charge is 0.453 e. The number of rotatable bonds is 3. The van der Waals surface area contributed by atoms with Gasteiger partial charge < -0.3 is 9.80 Å². The van der Waals surface area contributed by atoms with Crippen molar-refractivity contribution in [3.05, 3.63) is 23.8 Å². The van der Waals surface area contributed by atoms with E-state index in [1.54, 1.807) is 22.8 Å². The second-order valence-corrected chi connectivity index (χ2v) is 7.48. The van der Waals surface area contributed by atoms with Crippen LogP contribution in [0.2, 0.25) is 0 Å². The minimum absolute atomic E-state index is 0.00608. The number of hydrogen-bond acceptors (Lipinski definition) is 5. The molecule has 2 aliphatic heterocycles. The molecule has 11 heteroatoms. The summed E-state index contributed by atoms with van der Waals surface area (Å²) in [6, 6.07) is 1.16. The average Bonchev–Trinajstić information content (AvgIpc) is 3.32. The molecule has 29 heavy (non-hydrogen) atoms. The maximum Gasteiger partial charge on any atom is 0.453 e. The Labute approximate surface area is 164 Å². The molecule has 0 bridgehead atoms. The van der Waals surface area contributed by atoms with Gasteiger partial charge in [0.05, 0.1) is 5.69 Å². The summed E-state index contributed by atoms with van der Waals surface area (Å²) in [5.74, 6) is -1.44. The molecular formula is C18H21F3N6O2. The van der Waals surface area contributed by atoms with Gasteiger partial charge in [-0.2, -0.15) is 18.2 Å². The molecular weight excluding hydrogens is 389 g/mol. The first-order valence-corrected chi connectivity index (χ1v) is 9.63. The van der Waals surface area contributed by atoms with Crippen molar-refractivity contribution in [2.24, 2.45) is 0 Å². The Kier molecular flexibility index (Phi) is 4.91. The zero-order chi connectivity index (χ0) is 20.8. The molecule has 0 aliphatic carbocycles. The lowest BCUT2D eigenvalue weighted by atomic mass is 9.93. The van der Waals surface area contributed by atoms with Crippen molar-refractivity contribution in [3.8, 4) is 0 Å². The lowest BCUT2D eigenvalue weighted by Crippen LogP contribution is -2.49. The highest BCUT2D eigenvalue weighted by Crippen LogP contribution is 2.31. The molecule has 2 fully saturated rings. The van der Waals surface area contributed by atoms with Gasteiger partial charge in [-0.05, 0) is 32.3 Å². The topological polar surface area (TPSA) is 83.7 Å². The second-order valence-electron chi connectivity index (χ2n) is 7.48. The maximum atomic E-state index is 12.9. The van der Waals surface area contributed by atoms with Crippen molar-refractivity contribution in [2.45, 2.75) is 50.7 Å². The van der Waals surface area contributed by atoms with E-state index in [-0.39, 0.29) is 23.5 Å². The lowest BCUT2D eigenvalue weighted by Gasteiger charge is -2.35. The van der Waals surface area contributed by atoms with Crippen LogP contribution in [0.5, 0.6) is 0 Å². The summed E-state index contributed by atoms with van der Waals surface area (Å²) in [4.78, 5) is 35.4. The minimum atomic E-state index is -4.64. The molecule has 2 aromatic rings. The summed E-state index contributed by atoms with van der Waals surface area (Å²) < 4.78 is 39.9. The van der Waals surface area contributed by atoms with Crippen molar-refractivity contribution in [3.63, 3.8) is 0 Å². The van der Waals surface area contributed by atoms with Gasteiger partial charge in [-0.1, -0.05) is 0 Å². The molecule has 156 valence electrons. The molecule has 2 saturated heterocycles. The molecule has 1 atom stereocenters. The highest BCUT2D eigenvalue weighted by molar-refractivity contribution is 5.88. The van der Waals surface area contributed by atoms with E-state index < -0.39 is 18.0 Å².